The van der Waals surface area contributed by atoms with Gasteiger partial charge in [0.25, 0.3) is 0 Å². The molecule has 0 spiro atoms. The highest BCUT2D eigenvalue weighted by atomic mass is 16.1. The number of rotatable bonds is 6. The number of nitrogens with zero attached hydrogens (tertiary/aromatic N) is 1. The van der Waals surface area contributed by atoms with E-state index in [-0.39, 0.29) is 11.8 Å². The first-order chi connectivity index (χ1) is 9.65. The van der Waals surface area contributed by atoms with E-state index >= 15 is 0 Å². The molecule has 1 aromatic heterocycles. The zero-order valence-corrected chi connectivity index (χ0v) is 12.0. The van der Waals surface area contributed by atoms with Gasteiger partial charge in [-0.25, -0.2) is 4.98 Å². The average Bonchev–Trinajstić information content (AvgIpc) is 2.46. The molecule has 1 unspecified atom stereocenters. The van der Waals surface area contributed by atoms with E-state index in [1.165, 1.54) is 5.56 Å². The number of ketones is 1. The van der Waals surface area contributed by atoms with Crippen LogP contribution in [0.4, 0.5) is 5.82 Å². The number of carbonyl (C=O) groups excluding carboxylic acids is 1. The number of Topliss-reactive ketones (excluding diaryl/α,β-unsaturated/α-hetero) is 1. The Labute approximate surface area is 120 Å². The van der Waals surface area contributed by atoms with Gasteiger partial charge in [0.1, 0.15) is 5.82 Å². The van der Waals surface area contributed by atoms with Crippen LogP contribution in [0.15, 0.2) is 48.5 Å². The summed E-state index contributed by atoms with van der Waals surface area (Å²) in [4.78, 5) is 15.8. The van der Waals surface area contributed by atoms with Gasteiger partial charge in [-0.1, -0.05) is 36.4 Å². The van der Waals surface area contributed by atoms with Crippen LogP contribution in [-0.4, -0.2) is 16.8 Å². The number of aryl methyl sites for hydroxylation is 2. The third-order valence-corrected chi connectivity index (χ3v) is 3.29. The topological polar surface area (TPSA) is 42.0 Å². The largest absolute Gasteiger partial charge is 0.361 e. The van der Waals surface area contributed by atoms with Gasteiger partial charge in [-0.2, -0.15) is 0 Å². The monoisotopic (exact) mass is 268 g/mol. The van der Waals surface area contributed by atoms with Crippen LogP contribution in [-0.2, 0) is 17.6 Å². The van der Waals surface area contributed by atoms with Gasteiger partial charge in [0.15, 0.2) is 5.78 Å². The summed E-state index contributed by atoms with van der Waals surface area (Å²) in [6.45, 7) is 3.43. The highest BCUT2D eigenvalue weighted by Crippen LogP contribution is 2.10. The first-order valence-electron chi connectivity index (χ1n) is 6.92. The molecule has 0 amide bonds. The molecule has 0 radical (unpaired) electrons. The maximum atomic E-state index is 11.3. The van der Waals surface area contributed by atoms with Crippen molar-refractivity contribution < 1.29 is 4.79 Å². The number of anilines is 1. The van der Waals surface area contributed by atoms with E-state index in [2.05, 4.69) is 34.6 Å². The lowest BCUT2D eigenvalue weighted by Crippen LogP contribution is -2.24. The number of aromatic nitrogens is 1. The standard InChI is InChI=1S/C17H20N2O/c1-13(14(2)20)18-17-10-6-9-16(19-17)12-11-15-7-4-3-5-8-15/h3-10,13H,11-12H2,1-2H3,(H,18,19). The quantitative estimate of drug-likeness (QED) is 0.874. The first-order valence-corrected chi connectivity index (χ1v) is 6.92. The number of benzene rings is 1. The van der Waals surface area contributed by atoms with Crippen LogP contribution in [0.25, 0.3) is 0 Å². The second-order valence-corrected chi connectivity index (χ2v) is 4.98. The van der Waals surface area contributed by atoms with E-state index < -0.39 is 0 Å². The minimum atomic E-state index is -0.202. The average molecular weight is 268 g/mol. The van der Waals surface area contributed by atoms with Crippen molar-refractivity contribution in [3.8, 4) is 0 Å². The summed E-state index contributed by atoms with van der Waals surface area (Å²) < 4.78 is 0. The Balaban J connectivity index is 1.97. The van der Waals surface area contributed by atoms with Crippen molar-refractivity contribution in [3.63, 3.8) is 0 Å². The first kappa shape index (κ1) is 14.3. The Morgan fingerprint density at radius 1 is 1.10 bits per heavy atom. The number of hydrogen-bond donors (Lipinski definition) is 1. The number of hydrogen-bond acceptors (Lipinski definition) is 3. The molecule has 0 aliphatic heterocycles. The molecule has 2 aromatic rings. The molecule has 1 atom stereocenters. The van der Waals surface area contributed by atoms with Crippen molar-refractivity contribution in [3.05, 3.63) is 59.8 Å². The van der Waals surface area contributed by atoms with E-state index in [0.29, 0.717) is 0 Å². The molecule has 0 aliphatic rings. The van der Waals surface area contributed by atoms with Crippen LogP contribution in [0.1, 0.15) is 25.1 Å². The Morgan fingerprint density at radius 2 is 1.85 bits per heavy atom. The SMILES string of the molecule is CC(=O)C(C)Nc1cccc(CCc2ccccc2)n1. The lowest BCUT2D eigenvalue weighted by atomic mass is 10.1. The van der Waals surface area contributed by atoms with Crippen LogP contribution in [0.3, 0.4) is 0 Å². The van der Waals surface area contributed by atoms with Crippen LogP contribution in [0.2, 0.25) is 0 Å². The fraction of sp³-hybridized carbons (Fsp3) is 0.294. The minimum Gasteiger partial charge on any atom is -0.361 e. The van der Waals surface area contributed by atoms with Gasteiger partial charge in [-0.05, 0) is 44.4 Å². The highest BCUT2D eigenvalue weighted by molar-refractivity contribution is 5.83. The minimum absolute atomic E-state index is 0.112. The molecule has 1 aromatic carbocycles. The number of pyridine rings is 1. The molecule has 0 aliphatic carbocycles. The molecular weight excluding hydrogens is 248 g/mol. The normalized spacial score (nSPS) is 11.9. The van der Waals surface area contributed by atoms with Crippen LogP contribution in [0, 0.1) is 0 Å². The van der Waals surface area contributed by atoms with Gasteiger partial charge in [0.2, 0.25) is 0 Å². The summed E-state index contributed by atoms with van der Waals surface area (Å²) >= 11 is 0. The third-order valence-electron chi connectivity index (χ3n) is 3.29. The molecule has 1 N–H and O–H groups in total. The van der Waals surface area contributed by atoms with E-state index in [1.54, 1.807) is 6.92 Å². The molecule has 20 heavy (non-hydrogen) atoms. The second-order valence-electron chi connectivity index (χ2n) is 4.98. The molecule has 2 rings (SSSR count). The van der Waals surface area contributed by atoms with Gasteiger partial charge in [-0.15, -0.1) is 0 Å². The summed E-state index contributed by atoms with van der Waals surface area (Å²) in [5.74, 6) is 0.875. The summed E-state index contributed by atoms with van der Waals surface area (Å²) in [5.41, 5.74) is 2.35. The van der Waals surface area contributed by atoms with Crippen molar-refractivity contribution in [2.24, 2.45) is 0 Å². The van der Waals surface area contributed by atoms with Crippen LogP contribution >= 0.6 is 0 Å². The Morgan fingerprint density at radius 3 is 2.55 bits per heavy atom. The van der Waals surface area contributed by atoms with Crippen LogP contribution in [0.5, 0.6) is 0 Å². The highest BCUT2D eigenvalue weighted by Gasteiger charge is 2.07. The zero-order chi connectivity index (χ0) is 14.4. The summed E-state index contributed by atoms with van der Waals surface area (Å²) in [5, 5.41) is 3.12. The van der Waals surface area contributed by atoms with Crippen molar-refractivity contribution in [2.45, 2.75) is 32.7 Å². The molecule has 0 saturated carbocycles. The molecule has 0 saturated heterocycles. The fourth-order valence-corrected chi connectivity index (χ4v) is 1.94. The third kappa shape index (κ3) is 4.19. The van der Waals surface area contributed by atoms with Crippen molar-refractivity contribution >= 4 is 11.6 Å². The Kier molecular flexibility index (Phi) is 4.88. The van der Waals surface area contributed by atoms with Gasteiger partial charge in [-0.3, -0.25) is 4.79 Å². The van der Waals surface area contributed by atoms with E-state index in [9.17, 15) is 4.79 Å². The molecule has 3 nitrogen and oxygen atoms in total. The van der Waals surface area contributed by atoms with Gasteiger partial charge in [0, 0.05) is 5.69 Å². The predicted octanol–water partition coefficient (Wildman–Crippen LogP) is 3.26. The van der Waals surface area contributed by atoms with E-state index in [1.807, 2.05) is 31.2 Å². The maximum absolute atomic E-state index is 11.3. The molecule has 0 fully saturated rings. The molecular formula is C17H20N2O. The van der Waals surface area contributed by atoms with Crippen molar-refractivity contribution in [1.29, 1.82) is 0 Å². The van der Waals surface area contributed by atoms with Gasteiger partial charge in [0.05, 0.1) is 6.04 Å². The lowest BCUT2D eigenvalue weighted by molar-refractivity contribution is -0.117. The number of carbonyl (C=O) groups is 1. The second kappa shape index (κ2) is 6.85. The van der Waals surface area contributed by atoms with Gasteiger partial charge < -0.3 is 5.32 Å². The summed E-state index contributed by atoms with van der Waals surface area (Å²) in [6, 6.07) is 16.1. The number of nitrogens with one attached hydrogen (secondary N) is 1. The van der Waals surface area contributed by atoms with E-state index in [4.69, 9.17) is 0 Å². The fourth-order valence-electron chi connectivity index (χ4n) is 1.94. The van der Waals surface area contributed by atoms with E-state index in [0.717, 1.165) is 24.4 Å². The lowest BCUT2D eigenvalue weighted by Gasteiger charge is -2.12. The smallest absolute Gasteiger partial charge is 0.151 e. The summed E-state index contributed by atoms with van der Waals surface area (Å²) in [6.07, 6.45) is 1.87. The molecule has 104 valence electrons. The van der Waals surface area contributed by atoms with Gasteiger partial charge >= 0.3 is 0 Å². The maximum Gasteiger partial charge on any atom is 0.151 e. The van der Waals surface area contributed by atoms with Crippen LogP contribution < -0.4 is 5.32 Å². The zero-order valence-electron chi connectivity index (χ0n) is 12.0. The summed E-state index contributed by atoms with van der Waals surface area (Å²) in [7, 11) is 0. The Hall–Kier alpha value is -2.16. The van der Waals surface area contributed by atoms with Crippen molar-refractivity contribution in [1.82, 2.24) is 4.98 Å². The van der Waals surface area contributed by atoms with Crippen molar-refractivity contribution in [2.75, 3.05) is 5.32 Å². The molecule has 1 heterocycles. The Bertz CT molecular complexity index is 566. The predicted molar refractivity (Wildman–Crippen MR) is 81.9 cm³/mol. The molecule has 0 bridgehead atoms. The molecule has 3 heteroatoms.